The first kappa shape index (κ1) is 33.1. The van der Waals surface area contributed by atoms with Crippen LogP contribution in [-0.4, -0.2) is 38.5 Å². The minimum atomic E-state index is -0.164. The molecule has 1 aliphatic heterocycles. The lowest BCUT2D eigenvalue weighted by atomic mass is 9.85. The summed E-state index contributed by atoms with van der Waals surface area (Å²) in [6.45, 7) is 3.89. The second-order valence-electron chi connectivity index (χ2n) is 10.7. The minimum Gasteiger partial charge on any atom is -0.494 e. The predicted octanol–water partition coefficient (Wildman–Crippen LogP) is 9.14. The first-order valence-corrected chi connectivity index (χ1v) is 16.1. The standard InChI is InChI=1S/C35H35Cl4NO4/c36-28-13-25(14-29(37)17-28)22-43-33-19-40-20-34(44-23-26-15-30(38)18-31(39)16-26)35(33)27-7-9-32(10-8-27)42-12-4-11-41-21-24-5-2-1-3-6-24/h1-3,5-10,13-18,33-35,40H,4,11-12,19-23H2/t33-,34+,35?. The zero-order valence-corrected chi connectivity index (χ0v) is 27.2. The fraction of sp³-hybridized carbons (Fsp3) is 0.314. The summed E-state index contributed by atoms with van der Waals surface area (Å²) in [5.41, 5.74) is 4.09. The molecule has 0 bridgehead atoms. The summed E-state index contributed by atoms with van der Waals surface area (Å²) in [4.78, 5) is 0. The van der Waals surface area contributed by atoms with Crippen molar-refractivity contribution in [1.29, 1.82) is 0 Å². The molecule has 0 aliphatic carbocycles. The van der Waals surface area contributed by atoms with E-state index in [0.29, 0.717) is 66.2 Å². The van der Waals surface area contributed by atoms with Crippen molar-refractivity contribution in [2.45, 2.75) is 44.4 Å². The maximum Gasteiger partial charge on any atom is 0.119 e. The van der Waals surface area contributed by atoms with E-state index < -0.39 is 0 Å². The molecule has 0 spiro atoms. The van der Waals surface area contributed by atoms with Gasteiger partial charge in [0.2, 0.25) is 0 Å². The fourth-order valence-corrected chi connectivity index (χ4v) is 6.45. The van der Waals surface area contributed by atoms with Gasteiger partial charge in [-0.05, 0) is 70.8 Å². The van der Waals surface area contributed by atoms with Gasteiger partial charge in [0.15, 0.2) is 0 Å². The molecular weight excluding hydrogens is 640 g/mol. The Labute approximate surface area is 279 Å². The third-order valence-electron chi connectivity index (χ3n) is 7.34. The lowest BCUT2D eigenvalue weighted by Crippen LogP contribution is -2.50. The molecule has 44 heavy (non-hydrogen) atoms. The van der Waals surface area contributed by atoms with Crippen LogP contribution in [-0.2, 0) is 34.0 Å². The number of hydrogen-bond donors (Lipinski definition) is 1. The number of halogens is 4. The highest BCUT2D eigenvalue weighted by atomic mass is 35.5. The number of piperidine rings is 1. The van der Waals surface area contributed by atoms with Crippen molar-refractivity contribution in [1.82, 2.24) is 5.32 Å². The molecule has 5 nitrogen and oxygen atoms in total. The second-order valence-corrected chi connectivity index (χ2v) is 12.5. The Morgan fingerprint density at radius 1 is 0.591 bits per heavy atom. The van der Waals surface area contributed by atoms with Gasteiger partial charge in [-0.25, -0.2) is 0 Å². The van der Waals surface area contributed by atoms with Gasteiger partial charge in [0.25, 0.3) is 0 Å². The molecule has 4 aromatic rings. The maximum atomic E-state index is 6.48. The number of rotatable bonds is 14. The molecule has 1 aliphatic rings. The summed E-state index contributed by atoms with van der Waals surface area (Å²) in [6.07, 6.45) is 0.474. The third-order valence-corrected chi connectivity index (χ3v) is 8.22. The molecule has 1 unspecified atom stereocenters. The summed E-state index contributed by atoms with van der Waals surface area (Å²) < 4.78 is 24.7. The molecule has 1 heterocycles. The first-order chi connectivity index (χ1) is 21.4. The number of nitrogens with one attached hydrogen (secondary N) is 1. The van der Waals surface area contributed by atoms with Crippen LogP contribution in [0.4, 0.5) is 0 Å². The minimum absolute atomic E-state index is 0.0407. The molecule has 1 fully saturated rings. The molecule has 1 saturated heterocycles. The van der Waals surface area contributed by atoms with Crippen LogP contribution in [0, 0.1) is 0 Å². The second kappa shape index (κ2) is 16.8. The molecule has 1 N–H and O–H groups in total. The van der Waals surface area contributed by atoms with Gasteiger partial charge >= 0.3 is 0 Å². The van der Waals surface area contributed by atoms with Crippen LogP contribution in [0.3, 0.4) is 0 Å². The summed E-state index contributed by atoms with van der Waals surface area (Å²) in [5, 5.41) is 5.79. The predicted molar refractivity (Wildman–Crippen MR) is 178 cm³/mol. The Morgan fingerprint density at radius 3 is 1.68 bits per heavy atom. The van der Waals surface area contributed by atoms with Crippen LogP contribution in [0.2, 0.25) is 20.1 Å². The van der Waals surface area contributed by atoms with E-state index in [2.05, 4.69) is 29.6 Å². The average Bonchev–Trinajstić information content (AvgIpc) is 3.01. The highest BCUT2D eigenvalue weighted by Gasteiger charge is 2.36. The first-order valence-electron chi connectivity index (χ1n) is 14.6. The monoisotopic (exact) mass is 673 g/mol. The van der Waals surface area contributed by atoms with E-state index in [1.807, 2.05) is 54.6 Å². The van der Waals surface area contributed by atoms with Crippen LogP contribution in [0.15, 0.2) is 91.0 Å². The molecule has 0 amide bonds. The van der Waals surface area contributed by atoms with Gasteiger partial charge in [-0.1, -0.05) is 88.9 Å². The SMILES string of the molecule is Clc1cc(Cl)cc(CO[C@H]2CNC[C@@H](OCc3cc(Cl)cc(Cl)c3)C2c2ccc(OCCCOCc3ccccc3)cc2)c1. The van der Waals surface area contributed by atoms with Crippen molar-refractivity contribution in [3.8, 4) is 5.75 Å². The topological polar surface area (TPSA) is 49.0 Å². The molecule has 3 atom stereocenters. The zero-order valence-electron chi connectivity index (χ0n) is 24.2. The smallest absolute Gasteiger partial charge is 0.119 e. The van der Waals surface area contributed by atoms with Gasteiger partial charge in [-0.3, -0.25) is 0 Å². The molecular formula is C35H35Cl4NO4. The van der Waals surface area contributed by atoms with E-state index >= 15 is 0 Å². The van der Waals surface area contributed by atoms with E-state index in [1.165, 1.54) is 5.56 Å². The van der Waals surface area contributed by atoms with E-state index in [4.69, 9.17) is 65.4 Å². The van der Waals surface area contributed by atoms with Crippen molar-refractivity contribution in [2.24, 2.45) is 0 Å². The van der Waals surface area contributed by atoms with Crippen molar-refractivity contribution in [3.05, 3.63) is 133 Å². The average molecular weight is 675 g/mol. The Balaban J connectivity index is 1.22. The summed E-state index contributed by atoms with van der Waals surface area (Å²) in [5.74, 6) is 0.767. The Morgan fingerprint density at radius 2 is 1.14 bits per heavy atom. The Hall–Kier alpha value is -2.32. The van der Waals surface area contributed by atoms with Crippen LogP contribution in [0.25, 0.3) is 0 Å². The van der Waals surface area contributed by atoms with E-state index in [0.717, 1.165) is 28.9 Å². The van der Waals surface area contributed by atoms with Crippen LogP contribution in [0.5, 0.6) is 5.75 Å². The van der Waals surface area contributed by atoms with Crippen molar-refractivity contribution in [2.75, 3.05) is 26.3 Å². The summed E-state index contributed by atoms with van der Waals surface area (Å²) in [7, 11) is 0. The molecule has 5 rings (SSSR count). The molecule has 4 aromatic carbocycles. The van der Waals surface area contributed by atoms with E-state index in [9.17, 15) is 0 Å². The molecule has 0 radical (unpaired) electrons. The van der Waals surface area contributed by atoms with E-state index in [1.54, 1.807) is 12.1 Å². The number of ether oxygens (including phenoxy) is 4. The molecule has 9 heteroatoms. The van der Waals surface area contributed by atoms with Gasteiger partial charge in [0.05, 0.1) is 45.2 Å². The maximum absolute atomic E-state index is 6.48. The Kier molecular flexibility index (Phi) is 12.6. The van der Waals surface area contributed by atoms with Gasteiger partial charge in [-0.2, -0.15) is 0 Å². The van der Waals surface area contributed by atoms with Crippen LogP contribution < -0.4 is 10.1 Å². The fourth-order valence-electron chi connectivity index (χ4n) is 5.31. The van der Waals surface area contributed by atoms with Gasteiger partial charge in [0.1, 0.15) is 5.75 Å². The number of hydrogen-bond acceptors (Lipinski definition) is 5. The number of benzene rings is 4. The van der Waals surface area contributed by atoms with Gasteiger partial charge < -0.3 is 24.3 Å². The van der Waals surface area contributed by atoms with Crippen LogP contribution in [0.1, 0.15) is 34.6 Å². The van der Waals surface area contributed by atoms with E-state index in [-0.39, 0.29) is 18.1 Å². The lowest BCUT2D eigenvalue weighted by Gasteiger charge is -2.39. The van der Waals surface area contributed by atoms with Crippen molar-refractivity contribution in [3.63, 3.8) is 0 Å². The Bertz CT molecular complexity index is 1370. The highest BCUT2D eigenvalue weighted by Crippen LogP contribution is 2.33. The van der Waals surface area contributed by atoms with Crippen molar-refractivity contribution >= 4 is 46.4 Å². The van der Waals surface area contributed by atoms with Gasteiger partial charge in [-0.15, -0.1) is 0 Å². The zero-order chi connectivity index (χ0) is 30.7. The largest absolute Gasteiger partial charge is 0.494 e. The normalized spacial score (nSPS) is 18.3. The van der Waals surface area contributed by atoms with Crippen molar-refractivity contribution < 1.29 is 18.9 Å². The van der Waals surface area contributed by atoms with Crippen LogP contribution >= 0.6 is 46.4 Å². The lowest BCUT2D eigenvalue weighted by molar-refractivity contribution is -0.0650. The third kappa shape index (κ3) is 10.1. The molecule has 0 aromatic heterocycles. The quantitative estimate of drug-likeness (QED) is 0.135. The molecule has 232 valence electrons. The summed E-state index contributed by atoms with van der Waals surface area (Å²) >= 11 is 24.9. The van der Waals surface area contributed by atoms with Gasteiger partial charge in [0, 0.05) is 45.5 Å². The molecule has 0 saturated carbocycles. The summed E-state index contributed by atoms with van der Waals surface area (Å²) in [6, 6.07) is 29.3. The highest BCUT2D eigenvalue weighted by molar-refractivity contribution is 6.35.